The first-order chi connectivity index (χ1) is 8.56. The highest BCUT2D eigenvalue weighted by Gasteiger charge is 2.11. The molecule has 0 unspecified atom stereocenters. The van der Waals surface area contributed by atoms with Crippen LogP contribution in [-0.4, -0.2) is 31.5 Å². The van der Waals surface area contributed by atoms with Crippen molar-refractivity contribution in [2.75, 3.05) is 5.32 Å². The number of carboxylic acids is 1. The van der Waals surface area contributed by atoms with E-state index >= 15 is 0 Å². The molecule has 0 aromatic carbocycles. The zero-order chi connectivity index (χ0) is 13.1. The van der Waals surface area contributed by atoms with Crippen molar-refractivity contribution in [3.05, 3.63) is 42.1 Å². The number of amides is 1. The van der Waals surface area contributed by atoms with Crippen LogP contribution in [0.5, 0.6) is 0 Å². The molecule has 2 aromatic heterocycles. The molecule has 7 nitrogen and oxygen atoms in total. The number of pyridine rings is 1. The predicted octanol–water partition coefficient (Wildman–Crippen LogP) is 0.766. The molecule has 0 saturated carbocycles. The fourth-order valence-electron chi connectivity index (χ4n) is 1.34. The monoisotopic (exact) mass is 246 g/mol. The van der Waals surface area contributed by atoms with Crippen molar-refractivity contribution in [3.63, 3.8) is 0 Å². The molecule has 0 atom stereocenters. The molecular formula is C11H10N4O3. The zero-order valence-electron chi connectivity index (χ0n) is 9.49. The lowest BCUT2D eigenvalue weighted by Gasteiger charge is -2.02. The molecule has 0 bridgehead atoms. The fraction of sp³-hybridized carbons (Fsp3) is 0.0909. The van der Waals surface area contributed by atoms with Crippen molar-refractivity contribution in [1.82, 2.24) is 14.5 Å². The van der Waals surface area contributed by atoms with Crippen LogP contribution in [0.1, 0.15) is 20.8 Å². The molecule has 2 heterocycles. The van der Waals surface area contributed by atoms with Gasteiger partial charge >= 0.3 is 5.97 Å². The number of carbonyl (C=O) groups is 2. The first kappa shape index (κ1) is 11.8. The number of aromatic carboxylic acids is 1. The Balaban J connectivity index is 2.16. The largest absolute Gasteiger partial charge is 0.478 e. The second-order valence-electron chi connectivity index (χ2n) is 3.61. The van der Waals surface area contributed by atoms with Gasteiger partial charge in [0.15, 0.2) is 0 Å². The summed E-state index contributed by atoms with van der Waals surface area (Å²) in [6, 6.07) is 2.63. The molecular weight excluding hydrogens is 236 g/mol. The van der Waals surface area contributed by atoms with Crippen LogP contribution in [-0.2, 0) is 7.05 Å². The number of aryl methyl sites for hydroxylation is 1. The maximum atomic E-state index is 11.7. The van der Waals surface area contributed by atoms with Crippen LogP contribution in [0.3, 0.4) is 0 Å². The van der Waals surface area contributed by atoms with E-state index in [9.17, 15) is 9.59 Å². The minimum Gasteiger partial charge on any atom is -0.478 e. The number of nitrogens with one attached hydrogen (secondary N) is 1. The normalized spacial score (nSPS) is 10.1. The lowest BCUT2D eigenvalue weighted by molar-refractivity contribution is 0.0696. The van der Waals surface area contributed by atoms with E-state index < -0.39 is 11.9 Å². The van der Waals surface area contributed by atoms with Crippen molar-refractivity contribution in [1.29, 1.82) is 0 Å². The Hall–Kier alpha value is -2.70. The molecule has 18 heavy (non-hydrogen) atoms. The van der Waals surface area contributed by atoms with Crippen LogP contribution in [0.2, 0.25) is 0 Å². The number of imidazole rings is 1. The first-order valence-electron chi connectivity index (χ1n) is 5.05. The van der Waals surface area contributed by atoms with Crippen LogP contribution in [0.25, 0.3) is 0 Å². The number of hydrogen-bond acceptors (Lipinski definition) is 4. The molecule has 1 amide bonds. The highest BCUT2D eigenvalue weighted by atomic mass is 16.4. The van der Waals surface area contributed by atoms with Crippen LogP contribution in [0.15, 0.2) is 30.9 Å². The van der Waals surface area contributed by atoms with E-state index in [-0.39, 0.29) is 17.1 Å². The third-order valence-corrected chi connectivity index (χ3v) is 2.19. The Morgan fingerprint density at radius 1 is 1.39 bits per heavy atom. The Kier molecular flexibility index (Phi) is 3.05. The Bertz CT molecular complexity index is 606. The average Bonchev–Trinajstić information content (AvgIpc) is 2.76. The van der Waals surface area contributed by atoms with Crippen LogP contribution in [0, 0.1) is 0 Å². The number of carbonyl (C=O) groups excluding carboxylic acids is 1. The van der Waals surface area contributed by atoms with Crippen LogP contribution >= 0.6 is 0 Å². The van der Waals surface area contributed by atoms with E-state index in [0.29, 0.717) is 0 Å². The molecule has 7 heteroatoms. The Morgan fingerprint density at radius 2 is 2.17 bits per heavy atom. The predicted molar refractivity (Wildman–Crippen MR) is 62.4 cm³/mol. The maximum absolute atomic E-state index is 11.7. The van der Waals surface area contributed by atoms with E-state index in [2.05, 4.69) is 15.3 Å². The minimum absolute atomic E-state index is 0.0568. The smallest absolute Gasteiger partial charge is 0.335 e. The highest BCUT2D eigenvalue weighted by Crippen LogP contribution is 2.08. The van der Waals surface area contributed by atoms with E-state index in [1.54, 1.807) is 17.8 Å². The summed E-state index contributed by atoms with van der Waals surface area (Å²) in [5, 5.41) is 11.3. The summed E-state index contributed by atoms with van der Waals surface area (Å²) in [7, 11) is 1.74. The lowest BCUT2D eigenvalue weighted by Crippen LogP contribution is -2.14. The number of nitrogens with zero attached hydrogens (tertiary/aromatic N) is 3. The van der Waals surface area contributed by atoms with Crippen molar-refractivity contribution >= 4 is 17.7 Å². The third-order valence-electron chi connectivity index (χ3n) is 2.19. The molecule has 0 radical (unpaired) electrons. The van der Waals surface area contributed by atoms with Gasteiger partial charge in [0.25, 0.3) is 5.91 Å². The van der Waals surface area contributed by atoms with Gasteiger partial charge in [-0.15, -0.1) is 0 Å². The van der Waals surface area contributed by atoms with E-state index in [4.69, 9.17) is 5.11 Å². The quantitative estimate of drug-likeness (QED) is 0.833. The molecule has 0 aliphatic rings. The Labute approximate surface area is 102 Å². The molecule has 0 saturated heterocycles. The van der Waals surface area contributed by atoms with Gasteiger partial charge in [0.2, 0.25) is 0 Å². The lowest BCUT2D eigenvalue weighted by atomic mass is 10.2. The molecule has 2 N–H and O–H groups in total. The van der Waals surface area contributed by atoms with Gasteiger partial charge in [0, 0.05) is 19.4 Å². The molecule has 0 aliphatic carbocycles. The molecule has 0 fully saturated rings. The number of anilines is 1. The van der Waals surface area contributed by atoms with E-state index in [1.807, 2.05) is 0 Å². The molecule has 0 spiro atoms. The van der Waals surface area contributed by atoms with Gasteiger partial charge in [-0.3, -0.25) is 4.79 Å². The first-order valence-corrected chi connectivity index (χ1v) is 5.05. The highest BCUT2D eigenvalue weighted by molar-refractivity contribution is 6.02. The molecule has 2 aromatic rings. The maximum Gasteiger partial charge on any atom is 0.335 e. The fourth-order valence-corrected chi connectivity index (χ4v) is 1.34. The number of rotatable bonds is 3. The van der Waals surface area contributed by atoms with Crippen molar-refractivity contribution in [2.45, 2.75) is 0 Å². The molecule has 2 rings (SSSR count). The second-order valence-corrected chi connectivity index (χ2v) is 3.61. The van der Waals surface area contributed by atoms with Crippen molar-refractivity contribution in [2.24, 2.45) is 7.05 Å². The average molecular weight is 246 g/mol. The third kappa shape index (κ3) is 2.51. The Morgan fingerprint density at radius 3 is 2.78 bits per heavy atom. The van der Waals surface area contributed by atoms with Gasteiger partial charge in [-0.05, 0) is 12.1 Å². The van der Waals surface area contributed by atoms with Crippen molar-refractivity contribution in [3.8, 4) is 0 Å². The summed E-state index contributed by atoms with van der Waals surface area (Å²) in [6.45, 7) is 0. The van der Waals surface area contributed by atoms with Gasteiger partial charge < -0.3 is 15.0 Å². The SMILES string of the molecule is Cn1cnc(C(=O)Nc2cc(C(=O)O)ccn2)c1. The van der Waals surface area contributed by atoms with Gasteiger partial charge in [-0.2, -0.15) is 0 Å². The summed E-state index contributed by atoms with van der Waals surface area (Å²) in [5.41, 5.74) is 0.293. The summed E-state index contributed by atoms with van der Waals surface area (Å²) in [4.78, 5) is 30.2. The number of aromatic nitrogens is 3. The zero-order valence-corrected chi connectivity index (χ0v) is 9.49. The van der Waals surface area contributed by atoms with Gasteiger partial charge in [-0.1, -0.05) is 0 Å². The summed E-state index contributed by atoms with van der Waals surface area (Å²) in [5.74, 6) is -1.35. The van der Waals surface area contributed by atoms with Crippen LogP contribution in [0.4, 0.5) is 5.82 Å². The summed E-state index contributed by atoms with van der Waals surface area (Å²) >= 11 is 0. The molecule has 92 valence electrons. The standard InChI is InChI=1S/C11H10N4O3/c1-15-5-8(13-6-15)10(16)14-9-4-7(11(17)18)2-3-12-9/h2-6H,1H3,(H,17,18)(H,12,14,16). The van der Waals surface area contributed by atoms with Crippen LogP contribution < -0.4 is 5.32 Å². The van der Waals surface area contributed by atoms with Crippen molar-refractivity contribution < 1.29 is 14.7 Å². The van der Waals surface area contributed by atoms with E-state index in [1.165, 1.54) is 24.7 Å². The molecule has 0 aliphatic heterocycles. The van der Waals surface area contributed by atoms with Gasteiger partial charge in [-0.25, -0.2) is 14.8 Å². The van der Waals surface area contributed by atoms with Gasteiger partial charge in [0.05, 0.1) is 11.9 Å². The number of hydrogen-bond donors (Lipinski definition) is 2. The second kappa shape index (κ2) is 4.66. The summed E-state index contributed by atoms with van der Waals surface area (Å²) < 4.78 is 1.63. The minimum atomic E-state index is -1.08. The number of carboxylic acid groups (broad SMARTS) is 1. The van der Waals surface area contributed by atoms with Gasteiger partial charge in [0.1, 0.15) is 11.5 Å². The van der Waals surface area contributed by atoms with E-state index in [0.717, 1.165) is 0 Å². The summed E-state index contributed by atoms with van der Waals surface area (Å²) in [6.07, 6.45) is 4.36. The topological polar surface area (TPSA) is 97.1 Å².